The highest BCUT2D eigenvalue weighted by Gasteiger charge is 2.09. The summed E-state index contributed by atoms with van der Waals surface area (Å²) in [6.45, 7) is 0. The fourth-order valence-electron chi connectivity index (χ4n) is 1.51. The van der Waals surface area contributed by atoms with Crippen LogP contribution in [0.3, 0.4) is 0 Å². The molecule has 0 radical (unpaired) electrons. The van der Waals surface area contributed by atoms with Crippen molar-refractivity contribution in [2.45, 2.75) is 0 Å². The molecule has 1 aromatic carbocycles. The second-order valence-electron chi connectivity index (χ2n) is 4.17. The van der Waals surface area contributed by atoms with Crippen molar-refractivity contribution in [3.8, 4) is 0 Å². The molecule has 0 fully saturated rings. The van der Waals surface area contributed by atoms with Crippen molar-refractivity contribution >= 4 is 27.7 Å². The van der Waals surface area contributed by atoms with E-state index in [0.29, 0.717) is 11.1 Å². The number of benzene rings is 1. The van der Waals surface area contributed by atoms with Crippen LogP contribution in [-0.2, 0) is 7.05 Å². The molecular formula is C14H13BrIN3O2. The lowest BCUT2D eigenvalue weighted by Crippen LogP contribution is -3.00. The van der Waals surface area contributed by atoms with E-state index in [2.05, 4.69) is 26.8 Å². The first-order valence-corrected chi connectivity index (χ1v) is 6.67. The number of pyridine rings is 1. The Kier molecular flexibility index (Phi) is 6.76. The van der Waals surface area contributed by atoms with E-state index in [1.54, 1.807) is 48.8 Å². The third-order valence-electron chi connectivity index (χ3n) is 2.64. The predicted octanol–water partition coefficient (Wildman–Crippen LogP) is -1.65. The molecule has 2 aromatic rings. The number of hydrazine groups is 1. The predicted molar refractivity (Wildman–Crippen MR) is 76.7 cm³/mol. The molecule has 0 spiro atoms. The zero-order valence-corrected chi connectivity index (χ0v) is 14.9. The number of nitrogens with zero attached hydrogens (tertiary/aromatic N) is 1. The highest BCUT2D eigenvalue weighted by atomic mass is 127. The van der Waals surface area contributed by atoms with Gasteiger partial charge in [-0.1, -0.05) is 15.9 Å². The lowest BCUT2D eigenvalue weighted by atomic mass is 10.2. The van der Waals surface area contributed by atoms with E-state index in [9.17, 15) is 9.59 Å². The van der Waals surface area contributed by atoms with Gasteiger partial charge in [-0.05, 0) is 24.3 Å². The summed E-state index contributed by atoms with van der Waals surface area (Å²) in [6, 6.07) is 10.2. The SMILES string of the molecule is C[n+]1ccc(C(=O)NNC(=O)c2ccc(Br)cc2)cc1.[I-]. The van der Waals surface area contributed by atoms with Gasteiger partial charge in [-0.3, -0.25) is 20.4 Å². The number of rotatable bonds is 2. The molecular weight excluding hydrogens is 449 g/mol. The Morgan fingerprint density at radius 1 is 0.905 bits per heavy atom. The third kappa shape index (κ3) is 5.09. The van der Waals surface area contributed by atoms with Gasteiger partial charge in [0.25, 0.3) is 11.8 Å². The summed E-state index contributed by atoms with van der Waals surface area (Å²) >= 11 is 3.29. The monoisotopic (exact) mass is 461 g/mol. The molecule has 110 valence electrons. The molecule has 0 aliphatic carbocycles. The Morgan fingerprint density at radius 3 is 1.81 bits per heavy atom. The summed E-state index contributed by atoms with van der Waals surface area (Å²) in [4.78, 5) is 23.6. The number of aromatic nitrogens is 1. The maximum atomic E-state index is 11.8. The quantitative estimate of drug-likeness (QED) is 0.320. The molecule has 21 heavy (non-hydrogen) atoms. The van der Waals surface area contributed by atoms with E-state index < -0.39 is 0 Å². The third-order valence-corrected chi connectivity index (χ3v) is 3.17. The van der Waals surface area contributed by atoms with Crippen molar-refractivity contribution in [1.82, 2.24) is 10.9 Å². The first-order chi connectivity index (χ1) is 9.56. The van der Waals surface area contributed by atoms with Gasteiger partial charge in [-0.25, -0.2) is 4.57 Å². The van der Waals surface area contributed by atoms with E-state index in [1.165, 1.54) is 0 Å². The molecule has 1 aromatic heterocycles. The fraction of sp³-hybridized carbons (Fsp3) is 0.0714. The second kappa shape index (κ2) is 8.08. The molecule has 2 N–H and O–H groups in total. The van der Waals surface area contributed by atoms with Gasteiger partial charge in [0.15, 0.2) is 12.4 Å². The van der Waals surface area contributed by atoms with Crippen LogP contribution >= 0.6 is 15.9 Å². The Balaban J connectivity index is 0.00000220. The molecule has 7 heteroatoms. The summed E-state index contributed by atoms with van der Waals surface area (Å²) < 4.78 is 2.70. The van der Waals surface area contributed by atoms with Gasteiger partial charge in [-0.2, -0.15) is 0 Å². The number of hydrogen-bond donors (Lipinski definition) is 2. The maximum Gasteiger partial charge on any atom is 0.270 e. The Morgan fingerprint density at radius 2 is 1.33 bits per heavy atom. The van der Waals surface area contributed by atoms with Crippen LogP contribution in [0, 0.1) is 0 Å². The molecule has 0 aliphatic heterocycles. The number of amides is 2. The van der Waals surface area contributed by atoms with Crippen molar-refractivity contribution in [3.63, 3.8) is 0 Å². The van der Waals surface area contributed by atoms with Crippen LogP contribution in [0.25, 0.3) is 0 Å². The van der Waals surface area contributed by atoms with Gasteiger partial charge in [0.05, 0.1) is 5.56 Å². The Labute approximate surface area is 147 Å². The van der Waals surface area contributed by atoms with Crippen LogP contribution in [0.2, 0.25) is 0 Å². The summed E-state index contributed by atoms with van der Waals surface area (Å²) in [5.41, 5.74) is 5.68. The zero-order valence-electron chi connectivity index (χ0n) is 11.1. The average Bonchev–Trinajstić information content (AvgIpc) is 2.46. The van der Waals surface area contributed by atoms with Crippen LogP contribution in [-0.4, -0.2) is 11.8 Å². The van der Waals surface area contributed by atoms with Gasteiger partial charge in [0.1, 0.15) is 7.05 Å². The van der Waals surface area contributed by atoms with Crippen LogP contribution in [0.15, 0.2) is 53.3 Å². The highest BCUT2D eigenvalue weighted by molar-refractivity contribution is 9.10. The number of hydrogen-bond acceptors (Lipinski definition) is 2. The van der Waals surface area contributed by atoms with E-state index in [1.807, 2.05) is 11.6 Å². The lowest BCUT2D eigenvalue weighted by Gasteiger charge is -2.07. The molecule has 0 saturated carbocycles. The summed E-state index contributed by atoms with van der Waals surface area (Å²) in [5.74, 6) is -0.733. The lowest BCUT2D eigenvalue weighted by molar-refractivity contribution is -0.671. The number of carbonyl (C=O) groups is 2. The highest BCUT2D eigenvalue weighted by Crippen LogP contribution is 2.10. The molecule has 0 aliphatic rings. The zero-order chi connectivity index (χ0) is 14.5. The fourth-order valence-corrected chi connectivity index (χ4v) is 1.78. The van der Waals surface area contributed by atoms with E-state index in [0.717, 1.165) is 4.47 Å². The average molecular weight is 462 g/mol. The Bertz CT molecular complexity index is 572. The van der Waals surface area contributed by atoms with Crippen molar-refractivity contribution in [2.24, 2.45) is 7.05 Å². The molecule has 0 atom stereocenters. The minimum atomic E-state index is -0.368. The van der Waals surface area contributed by atoms with Crippen molar-refractivity contribution in [2.75, 3.05) is 0 Å². The molecule has 2 rings (SSSR count). The van der Waals surface area contributed by atoms with Gasteiger partial charge >= 0.3 is 0 Å². The van der Waals surface area contributed by atoms with Crippen molar-refractivity contribution < 1.29 is 38.1 Å². The number of aryl methyl sites for hydroxylation is 1. The molecule has 0 unspecified atom stereocenters. The van der Waals surface area contributed by atoms with Crippen LogP contribution in [0.4, 0.5) is 0 Å². The molecule has 0 saturated heterocycles. The minimum absolute atomic E-state index is 0. The van der Waals surface area contributed by atoms with E-state index in [4.69, 9.17) is 0 Å². The molecule has 5 nitrogen and oxygen atoms in total. The number of halogens is 2. The summed E-state index contributed by atoms with van der Waals surface area (Å²) in [5, 5.41) is 0. The Hall–Kier alpha value is -1.48. The van der Waals surface area contributed by atoms with Gasteiger partial charge < -0.3 is 24.0 Å². The van der Waals surface area contributed by atoms with E-state index in [-0.39, 0.29) is 35.8 Å². The first-order valence-electron chi connectivity index (χ1n) is 5.88. The molecule has 0 bridgehead atoms. The minimum Gasteiger partial charge on any atom is -1.00 e. The van der Waals surface area contributed by atoms with Crippen molar-refractivity contribution in [3.05, 3.63) is 64.4 Å². The molecule has 2 amide bonds. The van der Waals surface area contributed by atoms with Crippen LogP contribution in [0.5, 0.6) is 0 Å². The summed E-state index contributed by atoms with van der Waals surface area (Å²) in [6.07, 6.45) is 3.51. The van der Waals surface area contributed by atoms with Gasteiger partial charge in [0.2, 0.25) is 0 Å². The topological polar surface area (TPSA) is 62.1 Å². The number of carbonyl (C=O) groups excluding carboxylic acids is 2. The molecule has 1 heterocycles. The van der Waals surface area contributed by atoms with Crippen LogP contribution < -0.4 is 39.4 Å². The smallest absolute Gasteiger partial charge is 0.270 e. The summed E-state index contributed by atoms with van der Waals surface area (Å²) in [7, 11) is 1.86. The van der Waals surface area contributed by atoms with Crippen molar-refractivity contribution in [1.29, 1.82) is 0 Å². The standard InChI is InChI=1S/C14H12BrN3O2.HI/c1-18-8-6-11(7-9-18)14(20)17-16-13(19)10-2-4-12(15)5-3-10;/h2-9,20H,1H3;1H. The van der Waals surface area contributed by atoms with Gasteiger partial charge in [0, 0.05) is 22.2 Å². The van der Waals surface area contributed by atoms with Gasteiger partial charge in [-0.15, -0.1) is 0 Å². The van der Waals surface area contributed by atoms with Crippen LogP contribution in [0.1, 0.15) is 20.7 Å². The normalized spacial score (nSPS) is 9.43. The second-order valence-corrected chi connectivity index (χ2v) is 5.08. The maximum absolute atomic E-state index is 11.8. The largest absolute Gasteiger partial charge is 1.00 e. The number of nitrogens with one attached hydrogen (secondary N) is 2. The van der Waals surface area contributed by atoms with E-state index >= 15 is 0 Å². The first kappa shape index (κ1) is 17.6.